The summed E-state index contributed by atoms with van der Waals surface area (Å²) >= 11 is 5.95. The monoisotopic (exact) mass is 300 g/mol. The van der Waals surface area contributed by atoms with Crippen LogP contribution in [0.1, 0.15) is 17.5 Å². The first-order chi connectivity index (χ1) is 10.2. The second-order valence-electron chi connectivity index (χ2n) is 5.17. The van der Waals surface area contributed by atoms with Crippen molar-refractivity contribution in [3.63, 3.8) is 0 Å². The van der Waals surface area contributed by atoms with E-state index in [0.717, 1.165) is 30.6 Å². The standard InChI is InChI=1S/C17H17ClN2O/c18-15-8-3-5-13(11-15)12-19-17(21)20-10-4-7-14-6-1-2-9-16(14)20/h1-3,5-6,8-9,11H,4,7,10,12H2,(H,19,21). The van der Waals surface area contributed by atoms with Gasteiger partial charge in [-0.1, -0.05) is 41.9 Å². The molecule has 0 unspecified atom stereocenters. The highest BCUT2D eigenvalue weighted by Crippen LogP contribution is 2.26. The summed E-state index contributed by atoms with van der Waals surface area (Å²) in [6.45, 7) is 1.25. The highest BCUT2D eigenvalue weighted by molar-refractivity contribution is 6.30. The topological polar surface area (TPSA) is 32.3 Å². The minimum atomic E-state index is -0.0536. The van der Waals surface area contributed by atoms with E-state index in [-0.39, 0.29) is 6.03 Å². The van der Waals surface area contributed by atoms with E-state index in [1.807, 2.05) is 47.4 Å². The molecule has 0 fully saturated rings. The summed E-state index contributed by atoms with van der Waals surface area (Å²) in [5.74, 6) is 0. The molecule has 1 N–H and O–H groups in total. The van der Waals surface area contributed by atoms with Crippen molar-refractivity contribution in [3.05, 3.63) is 64.7 Å². The van der Waals surface area contributed by atoms with Crippen molar-refractivity contribution < 1.29 is 4.79 Å². The number of para-hydroxylation sites is 1. The molecule has 2 amide bonds. The molecule has 108 valence electrons. The Kier molecular flexibility index (Phi) is 4.11. The molecule has 1 aliphatic rings. The molecule has 2 aromatic carbocycles. The van der Waals surface area contributed by atoms with Gasteiger partial charge in [0.15, 0.2) is 0 Å². The number of rotatable bonds is 2. The first-order valence-electron chi connectivity index (χ1n) is 7.12. The van der Waals surface area contributed by atoms with E-state index in [9.17, 15) is 4.79 Å². The van der Waals surface area contributed by atoms with Gasteiger partial charge in [0.2, 0.25) is 0 Å². The van der Waals surface area contributed by atoms with E-state index in [1.54, 1.807) is 0 Å². The van der Waals surface area contributed by atoms with Crippen LogP contribution in [0.4, 0.5) is 10.5 Å². The molecule has 1 heterocycles. The zero-order chi connectivity index (χ0) is 14.7. The number of fused-ring (bicyclic) bond motifs is 1. The average Bonchev–Trinajstić information content (AvgIpc) is 2.52. The van der Waals surface area contributed by atoms with Gasteiger partial charge in [-0.05, 0) is 42.2 Å². The van der Waals surface area contributed by atoms with E-state index in [1.165, 1.54) is 5.56 Å². The second-order valence-corrected chi connectivity index (χ2v) is 5.61. The second kappa shape index (κ2) is 6.19. The number of urea groups is 1. The molecule has 0 spiro atoms. The van der Waals surface area contributed by atoms with E-state index in [2.05, 4.69) is 11.4 Å². The largest absolute Gasteiger partial charge is 0.334 e. The van der Waals surface area contributed by atoms with E-state index >= 15 is 0 Å². The minimum Gasteiger partial charge on any atom is -0.334 e. The molecular weight excluding hydrogens is 284 g/mol. The third kappa shape index (κ3) is 3.19. The van der Waals surface area contributed by atoms with Crippen molar-refractivity contribution in [2.75, 3.05) is 11.4 Å². The molecule has 0 radical (unpaired) electrons. The molecule has 1 aliphatic heterocycles. The number of anilines is 1. The Hall–Kier alpha value is -2.00. The lowest BCUT2D eigenvalue weighted by Crippen LogP contribution is -2.42. The molecular formula is C17H17ClN2O. The minimum absolute atomic E-state index is 0.0536. The molecule has 0 atom stereocenters. The van der Waals surface area contributed by atoms with Gasteiger partial charge < -0.3 is 5.32 Å². The van der Waals surface area contributed by atoms with Crippen LogP contribution in [0.25, 0.3) is 0 Å². The van der Waals surface area contributed by atoms with Crippen molar-refractivity contribution in [3.8, 4) is 0 Å². The molecule has 21 heavy (non-hydrogen) atoms. The number of carbonyl (C=O) groups excluding carboxylic acids is 1. The van der Waals surface area contributed by atoms with Crippen LogP contribution in [0.3, 0.4) is 0 Å². The van der Waals surface area contributed by atoms with Crippen LogP contribution in [0.5, 0.6) is 0 Å². The SMILES string of the molecule is O=C(NCc1cccc(Cl)c1)N1CCCc2ccccc21. The van der Waals surface area contributed by atoms with Crippen molar-refractivity contribution >= 4 is 23.3 Å². The highest BCUT2D eigenvalue weighted by Gasteiger charge is 2.21. The Morgan fingerprint density at radius 3 is 2.90 bits per heavy atom. The van der Waals surface area contributed by atoms with Crippen molar-refractivity contribution in [1.29, 1.82) is 0 Å². The van der Waals surface area contributed by atoms with Crippen molar-refractivity contribution in [2.45, 2.75) is 19.4 Å². The maximum atomic E-state index is 12.4. The lowest BCUT2D eigenvalue weighted by Gasteiger charge is -2.29. The molecule has 3 nitrogen and oxygen atoms in total. The summed E-state index contributed by atoms with van der Waals surface area (Å²) in [5, 5.41) is 3.65. The van der Waals surface area contributed by atoms with Crippen LogP contribution in [-0.2, 0) is 13.0 Å². The van der Waals surface area contributed by atoms with Gasteiger partial charge in [0.25, 0.3) is 0 Å². The first-order valence-corrected chi connectivity index (χ1v) is 7.49. The molecule has 0 saturated heterocycles. The molecule has 0 aliphatic carbocycles. The van der Waals surface area contributed by atoms with Crippen LogP contribution >= 0.6 is 11.6 Å². The highest BCUT2D eigenvalue weighted by atomic mass is 35.5. The summed E-state index contributed by atoms with van der Waals surface area (Å²) in [6.07, 6.45) is 2.04. The predicted molar refractivity (Wildman–Crippen MR) is 85.8 cm³/mol. The maximum absolute atomic E-state index is 12.4. The number of nitrogens with zero attached hydrogens (tertiary/aromatic N) is 1. The van der Waals surface area contributed by atoms with Gasteiger partial charge in [0.05, 0.1) is 0 Å². The predicted octanol–water partition coefficient (Wildman–Crippen LogP) is 4.00. The summed E-state index contributed by atoms with van der Waals surface area (Å²) in [5.41, 5.74) is 3.26. The Labute approximate surface area is 129 Å². The normalized spacial score (nSPS) is 13.7. The lowest BCUT2D eigenvalue weighted by atomic mass is 10.0. The van der Waals surface area contributed by atoms with Crippen LogP contribution in [0.2, 0.25) is 5.02 Å². The van der Waals surface area contributed by atoms with Gasteiger partial charge in [-0.25, -0.2) is 4.79 Å². The molecule has 2 aromatic rings. The van der Waals surface area contributed by atoms with Crippen molar-refractivity contribution in [2.24, 2.45) is 0 Å². The number of amides is 2. The summed E-state index contributed by atoms with van der Waals surface area (Å²) in [6, 6.07) is 15.6. The summed E-state index contributed by atoms with van der Waals surface area (Å²) in [7, 11) is 0. The van der Waals surface area contributed by atoms with Gasteiger partial charge in [0, 0.05) is 23.8 Å². The van der Waals surface area contributed by atoms with E-state index < -0.39 is 0 Å². The van der Waals surface area contributed by atoms with Gasteiger partial charge in [-0.2, -0.15) is 0 Å². The fourth-order valence-corrected chi connectivity index (χ4v) is 2.88. The molecule has 0 aromatic heterocycles. The average molecular weight is 301 g/mol. The van der Waals surface area contributed by atoms with Crippen LogP contribution < -0.4 is 10.2 Å². The van der Waals surface area contributed by atoms with Crippen LogP contribution in [0.15, 0.2) is 48.5 Å². The first kappa shape index (κ1) is 14.0. The Morgan fingerprint density at radius 1 is 1.19 bits per heavy atom. The molecule has 0 saturated carbocycles. The number of aryl methyl sites for hydroxylation is 1. The smallest absolute Gasteiger partial charge is 0.322 e. The maximum Gasteiger partial charge on any atom is 0.322 e. The fourth-order valence-electron chi connectivity index (χ4n) is 2.66. The van der Waals surface area contributed by atoms with Gasteiger partial charge in [-0.15, -0.1) is 0 Å². The van der Waals surface area contributed by atoms with Crippen LogP contribution in [0, 0.1) is 0 Å². The summed E-state index contributed by atoms with van der Waals surface area (Å²) < 4.78 is 0. The molecule has 0 bridgehead atoms. The zero-order valence-corrected chi connectivity index (χ0v) is 12.4. The van der Waals surface area contributed by atoms with Gasteiger partial charge >= 0.3 is 6.03 Å². The number of hydrogen-bond acceptors (Lipinski definition) is 1. The quantitative estimate of drug-likeness (QED) is 0.893. The number of benzene rings is 2. The number of nitrogens with one attached hydrogen (secondary N) is 1. The molecule has 3 rings (SSSR count). The lowest BCUT2D eigenvalue weighted by molar-refractivity contribution is 0.245. The Balaban J connectivity index is 1.69. The molecule has 4 heteroatoms. The number of hydrogen-bond donors (Lipinski definition) is 1. The van der Waals surface area contributed by atoms with Gasteiger partial charge in [0.1, 0.15) is 0 Å². The van der Waals surface area contributed by atoms with Crippen LogP contribution in [-0.4, -0.2) is 12.6 Å². The van der Waals surface area contributed by atoms with Crippen molar-refractivity contribution in [1.82, 2.24) is 5.32 Å². The third-order valence-corrected chi connectivity index (χ3v) is 3.92. The van der Waals surface area contributed by atoms with E-state index in [4.69, 9.17) is 11.6 Å². The third-order valence-electron chi connectivity index (χ3n) is 3.69. The van der Waals surface area contributed by atoms with E-state index in [0.29, 0.717) is 11.6 Å². The summed E-state index contributed by atoms with van der Waals surface area (Å²) in [4.78, 5) is 14.2. The Bertz CT molecular complexity index is 657. The fraction of sp³-hybridized carbons (Fsp3) is 0.235. The Morgan fingerprint density at radius 2 is 2.05 bits per heavy atom. The zero-order valence-electron chi connectivity index (χ0n) is 11.7. The number of halogens is 1. The van der Waals surface area contributed by atoms with Gasteiger partial charge in [-0.3, -0.25) is 4.90 Å². The number of carbonyl (C=O) groups is 1.